The van der Waals surface area contributed by atoms with E-state index in [0.717, 1.165) is 17.7 Å². The van der Waals surface area contributed by atoms with Crippen molar-refractivity contribution < 1.29 is 9.21 Å². The van der Waals surface area contributed by atoms with Crippen molar-refractivity contribution >= 4 is 29.3 Å². The van der Waals surface area contributed by atoms with Crippen molar-refractivity contribution in [1.29, 1.82) is 0 Å². The van der Waals surface area contributed by atoms with Gasteiger partial charge in [0.05, 0.1) is 24.3 Å². The molecule has 0 saturated heterocycles. The molecule has 0 bridgehead atoms. The molecule has 0 spiro atoms. The molecule has 0 fully saturated rings. The normalized spacial score (nSPS) is 11.4. The van der Waals surface area contributed by atoms with E-state index in [1.165, 1.54) is 16.4 Å². The van der Waals surface area contributed by atoms with Crippen LogP contribution in [0.4, 0.5) is 5.95 Å². The van der Waals surface area contributed by atoms with Gasteiger partial charge in [-0.1, -0.05) is 49.0 Å². The molecule has 0 unspecified atom stereocenters. The van der Waals surface area contributed by atoms with Crippen LogP contribution in [0, 0.1) is 0 Å². The topological polar surface area (TPSA) is 123 Å². The smallest absolute Gasteiger partial charge is 0.264 e. The van der Waals surface area contributed by atoms with Crippen LogP contribution in [0.2, 0.25) is 0 Å². The lowest BCUT2D eigenvalue weighted by molar-refractivity contribution is -0.118. The van der Waals surface area contributed by atoms with E-state index in [0.29, 0.717) is 23.4 Å². The fourth-order valence-electron chi connectivity index (χ4n) is 2.33. The summed E-state index contributed by atoms with van der Waals surface area (Å²) in [6.45, 7) is 2.35. The maximum atomic E-state index is 11.9. The molecule has 4 N–H and O–H groups in total. The van der Waals surface area contributed by atoms with Crippen molar-refractivity contribution in [1.82, 2.24) is 20.2 Å². The molecule has 2 aromatic heterocycles. The standard InChI is InChI=1S/C18H21N7O2S/c1-2-15(13-7-4-3-5-8-13)21-22-17-23-24-18(25(17)19)28-12-16(26)20-11-14-9-6-10-27-14/h3-10H,2,11-12,19H2,1H3,(H,20,26)(H,22,23)/b21-15-. The summed E-state index contributed by atoms with van der Waals surface area (Å²) in [4.78, 5) is 11.9. The Morgan fingerprint density at radius 1 is 1.25 bits per heavy atom. The van der Waals surface area contributed by atoms with Gasteiger partial charge in [-0.05, 0) is 24.1 Å². The van der Waals surface area contributed by atoms with E-state index in [2.05, 4.69) is 26.0 Å². The molecular weight excluding hydrogens is 378 g/mol. The zero-order valence-corrected chi connectivity index (χ0v) is 16.1. The van der Waals surface area contributed by atoms with Crippen molar-refractivity contribution in [3.63, 3.8) is 0 Å². The average molecular weight is 399 g/mol. The Hall–Kier alpha value is -3.27. The number of hydrazone groups is 1. The third-order valence-electron chi connectivity index (χ3n) is 3.77. The fraction of sp³-hybridized carbons (Fsp3) is 0.222. The lowest BCUT2D eigenvalue weighted by atomic mass is 10.1. The Kier molecular flexibility index (Phi) is 6.68. The predicted octanol–water partition coefficient (Wildman–Crippen LogP) is 2.22. The number of thioether (sulfide) groups is 1. The molecular formula is C18H21N7O2S. The van der Waals surface area contributed by atoms with Gasteiger partial charge in [0.25, 0.3) is 5.95 Å². The van der Waals surface area contributed by atoms with Gasteiger partial charge in [-0.2, -0.15) is 5.10 Å². The molecule has 0 radical (unpaired) electrons. The van der Waals surface area contributed by atoms with Crippen molar-refractivity contribution in [2.75, 3.05) is 17.0 Å². The number of nitrogens with two attached hydrogens (primary N) is 1. The third kappa shape index (κ3) is 5.13. The number of amides is 1. The van der Waals surface area contributed by atoms with E-state index in [9.17, 15) is 4.79 Å². The summed E-state index contributed by atoms with van der Waals surface area (Å²) in [7, 11) is 0. The molecule has 10 heteroatoms. The highest BCUT2D eigenvalue weighted by molar-refractivity contribution is 7.99. The number of carbonyl (C=O) groups is 1. The van der Waals surface area contributed by atoms with Crippen LogP contribution in [-0.4, -0.2) is 32.2 Å². The third-order valence-corrected chi connectivity index (χ3v) is 4.71. The molecule has 0 aliphatic heterocycles. The van der Waals surface area contributed by atoms with E-state index in [-0.39, 0.29) is 11.7 Å². The molecule has 0 saturated carbocycles. The first-order valence-electron chi connectivity index (χ1n) is 8.67. The zero-order valence-electron chi connectivity index (χ0n) is 15.3. The van der Waals surface area contributed by atoms with Crippen LogP contribution in [-0.2, 0) is 11.3 Å². The Morgan fingerprint density at radius 3 is 2.79 bits per heavy atom. The molecule has 28 heavy (non-hydrogen) atoms. The minimum Gasteiger partial charge on any atom is -0.467 e. The Labute approximate surface area is 166 Å². The lowest BCUT2D eigenvalue weighted by Gasteiger charge is -2.06. The van der Waals surface area contributed by atoms with Gasteiger partial charge in [0.1, 0.15) is 5.76 Å². The van der Waals surface area contributed by atoms with Crippen LogP contribution < -0.4 is 16.6 Å². The quantitative estimate of drug-likeness (QED) is 0.218. The van der Waals surface area contributed by atoms with Crippen molar-refractivity contribution in [3.8, 4) is 0 Å². The van der Waals surface area contributed by atoms with Crippen LogP contribution in [0.1, 0.15) is 24.7 Å². The van der Waals surface area contributed by atoms with E-state index >= 15 is 0 Å². The molecule has 3 rings (SSSR count). The van der Waals surface area contributed by atoms with Crippen LogP contribution in [0.3, 0.4) is 0 Å². The first-order chi connectivity index (χ1) is 13.7. The second-order valence-corrected chi connectivity index (χ2v) is 6.65. The van der Waals surface area contributed by atoms with Crippen molar-refractivity contribution in [3.05, 3.63) is 60.1 Å². The minimum atomic E-state index is -0.158. The number of anilines is 1. The van der Waals surface area contributed by atoms with Crippen LogP contribution in [0.25, 0.3) is 0 Å². The number of rotatable bonds is 9. The predicted molar refractivity (Wildman–Crippen MR) is 108 cm³/mol. The van der Waals surface area contributed by atoms with Gasteiger partial charge >= 0.3 is 0 Å². The number of carbonyl (C=O) groups excluding carboxylic acids is 1. The second kappa shape index (κ2) is 9.60. The lowest BCUT2D eigenvalue weighted by Crippen LogP contribution is -2.24. The maximum Gasteiger partial charge on any atom is 0.264 e. The molecule has 0 atom stereocenters. The summed E-state index contributed by atoms with van der Waals surface area (Å²) in [6, 6.07) is 13.4. The minimum absolute atomic E-state index is 0.156. The first-order valence-corrected chi connectivity index (χ1v) is 9.66. The first kappa shape index (κ1) is 19.5. The van der Waals surface area contributed by atoms with Crippen molar-refractivity contribution in [2.24, 2.45) is 5.10 Å². The summed E-state index contributed by atoms with van der Waals surface area (Å²) in [5.74, 6) is 6.98. The number of hydrogen-bond donors (Lipinski definition) is 3. The number of furan rings is 1. The number of benzene rings is 1. The van der Waals surface area contributed by atoms with Gasteiger partial charge < -0.3 is 15.6 Å². The summed E-state index contributed by atoms with van der Waals surface area (Å²) in [5.41, 5.74) is 4.73. The highest BCUT2D eigenvalue weighted by Gasteiger charge is 2.12. The van der Waals surface area contributed by atoms with Gasteiger partial charge in [0.2, 0.25) is 11.1 Å². The summed E-state index contributed by atoms with van der Waals surface area (Å²) in [6.07, 6.45) is 2.30. The fourth-order valence-corrected chi connectivity index (χ4v) is 3.01. The van der Waals surface area contributed by atoms with E-state index in [4.69, 9.17) is 10.3 Å². The largest absolute Gasteiger partial charge is 0.467 e. The van der Waals surface area contributed by atoms with Crippen LogP contribution in [0.15, 0.2) is 63.4 Å². The Bertz CT molecular complexity index is 923. The van der Waals surface area contributed by atoms with E-state index < -0.39 is 0 Å². The molecule has 1 aromatic carbocycles. The SMILES string of the molecule is CC/C(=N/Nc1nnc(SCC(=O)NCc2ccco2)n1N)c1ccccc1. The number of nitrogens with one attached hydrogen (secondary N) is 2. The molecule has 146 valence electrons. The highest BCUT2D eigenvalue weighted by Crippen LogP contribution is 2.16. The van der Waals surface area contributed by atoms with Gasteiger partial charge in [-0.3, -0.25) is 4.79 Å². The molecule has 2 heterocycles. The van der Waals surface area contributed by atoms with Crippen molar-refractivity contribution in [2.45, 2.75) is 25.0 Å². The van der Waals surface area contributed by atoms with Gasteiger partial charge in [-0.25, -0.2) is 10.1 Å². The molecule has 3 aromatic rings. The maximum absolute atomic E-state index is 11.9. The summed E-state index contributed by atoms with van der Waals surface area (Å²) < 4.78 is 6.44. The summed E-state index contributed by atoms with van der Waals surface area (Å²) >= 11 is 1.18. The van der Waals surface area contributed by atoms with E-state index in [1.807, 2.05) is 37.3 Å². The second-order valence-electron chi connectivity index (χ2n) is 5.71. The molecule has 1 amide bonds. The number of nitrogens with zero attached hydrogens (tertiary/aromatic N) is 4. The van der Waals surface area contributed by atoms with Gasteiger partial charge in [0.15, 0.2) is 0 Å². The number of nitrogen functional groups attached to an aromatic ring is 1. The van der Waals surface area contributed by atoms with E-state index in [1.54, 1.807) is 18.4 Å². The number of hydrogen-bond acceptors (Lipinski definition) is 8. The average Bonchev–Trinajstić information content (AvgIpc) is 3.36. The Morgan fingerprint density at radius 2 is 2.07 bits per heavy atom. The monoisotopic (exact) mass is 399 g/mol. The van der Waals surface area contributed by atoms with Crippen LogP contribution in [0.5, 0.6) is 0 Å². The number of aromatic nitrogens is 3. The zero-order chi connectivity index (χ0) is 19.8. The Balaban J connectivity index is 1.54. The molecule has 0 aliphatic carbocycles. The van der Waals surface area contributed by atoms with Gasteiger partial charge in [0, 0.05) is 0 Å². The highest BCUT2D eigenvalue weighted by atomic mass is 32.2. The molecule has 0 aliphatic rings. The van der Waals surface area contributed by atoms with Crippen LogP contribution >= 0.6 is 11.8 Å². The molecule has 9 nitrogen and oxygen atoms in total. The summed E-state index contributed by atoms with van der Waals surface area (Å²) in [5, 5.41) is 15.5. The van der Waals surface area contributed by atoms with Gasteiger partial charge in [-0.15, -0.1) is 10.2 Å².